The number of hydrogen-bond donors (Lipinski definition) is 2. The number of nitrogens with two attached hydrogens (primary N) is 1. The summed E-state index contributed by atoms with van der Waals surface area (Å²) in [5, 5.41) is 0.275. The summed E-state index contributed by atoms with van der Waals surface area (Å²) in [7, 11) is -9.21. The minimum absolute atomic E-state index is 0.0125. The van der Waals surface area contributed by atoms with Crippen molar-refractivity contribution in [3.8, 4) is 0 Å². The number of nitrogen functional groups attached to an aromatic ring is 1. The molecule has 0 amide bonds. The zero-order valence-electron chi connectivity index (χ0n) is 12.8. The molecule has 2 aromatic rings. The number of anilines is 1. The van der Waals surface area contributed by atoms with E-state index in [0.29, 0.717) is 0 Å². The first-order valence-electron chi connectivity index (χ1n) is 6.95. The topological polar surface area (TPSA) is 127 Å². The fourth-order valence-corrected chi connectivity index (χ4v) is 5.87. The maximum absolute atomic E-state index is 13.2. The Labute approximate surface area is 149 Å². The van der Waals surface area contributed by atoms with E-state index in [1.807, 2.05) is 0 Å². The van der Waals surface area contributed by atoms with Gasteiger partial charge < -0.3 is 5.73 Å². The predicted octanol–water partition coefficient (Wildman–Crippen LogP) is 0.741. The number of para-hydroxylation sites is 1. The van der Waals surface area contributed by atoms with Crippen molar-refractivity contribution in [1.82, 2.24) is 0 Å². The average Bonchev–Trinajstić information content (AvgIpc) is 2.83. The van der Waals surface area contributed by atoms with Crippen molar-refractivity contribution in [3.05, 3.63) is 58.1 Å². The summed E-state index contributed by atoms with van der Waals surface area (Å²) < 4.78 is 59.9. The largest absolute Gasteiger partial charge is 0.398 e. The van der Waals surface area contributed by atoms with Crippen LogP contribution in [0.1, 0.15) is 6.92 Å². The van der Waals surface area contributed by atoms with Gasteiger partial charge in [0.25, 0.3) is 10.1 Å². The Hall–Kier alpha value is -1.94. The standard InChI is InChI=1S/C15H13ClN2O5S2/c1-15(25(21,22)23)14(10-4-2-3-5-13(10)18-15)24(19,20)9-6-7-12(17)11(16)8-9/h2-8H,17H2,1H3,(H,21,22,23). The smallest absolute Gasteiger partial charge is 0.296 e. The normalized spacial score (nSPS) is 20.2. The molecule has 0 radical (unpaired) electrons. The van der Waals surface area contributed by atoms with Crippen LogP contribution >= 0.6 is 11.6 Å². The van der Waals surface area contributed by atoms with E-state index in [1.165, 1.54) is 24.3 Å². The molecule has 1 unspecified atom stereocenters. The first kappa shape index (κ1) is 17.9. The van der Waals surface area contributed by atoms with E-state index in [4.69, 9.17) is 17.3 Å². The SMILES string of the molecule is CC1(S(=O)(=O)O)N=c2ccccc2=C1S(=O)(=O)c1ccc(N)c(Cl)c1. The lowest BCUT2D eigenvalue weighted by Crippen LogP contribution is -2.37. The van der Waals surface area contributed by atoms with Gasteiger partial charge in [0.1, 0.15) is 4.91 Å². The van der Waals surface area contributed by atoms with Crippen molar-refractivity contribution in [2.45, 2.75) is 16.7 Å². The van der Waals surface area contributed by atoms with Crippen molar-refractivity contribution in [3.63, 3.8) is 0 Å². The number of halogens is 1. The fourth-order valence-electron chi connectivity index (χ4n) is 2.66. The summed E-state index contributed by atoms with van der Waals surface area (Å²) in [4.78, 5) is 0.823. The Kier molecular flexibility index (Phi) is 3.95. The molecule has 3 N–H and O–H groups in total. The summed E-state index contributed by atoms with van der Waals surface area (Å²) in [6.07, 6.45) is 0. The molecule has 1 aliphatic rings. The van der Waals surface area contributed by atoms with Crippen LogP contribution in [-0.2, 0) is 20.0 Å². The highest BCUT2D eigenvalue weighted by atomic mass is 35.5. The van der Waals surface area contributed by atoms with Crippen LogP contribution in [-0.4, -0.2) is 26.3 Å². The molecule has 0 bridgehead atoms. The molecular formula is C15H13ClN2O5S2. The van der Waals surface area contributed by atoms with E-state index >= 15 is 0 Å². The average molecular weight is 401 g/mol. The van der Waals surface area contributed by atoms with Gasteiger partial charge in [-0.15, -0.1) is 0 Å². The van der Waals surface area contributed by atoms with Crippen LogP contribution in [0.15, 0.2) is 52.4 Å². The summed E-state index contributed by atoms with van der Waals surface area (Å²) in [6.45, 7) is 1.04. The molecule has 2 aromatic carbocycles. The second kappa shape index (κ2) is 5.53. The number of benzene rings is 2. The third-order valence-corrected chi connectivity index (χ3v) is 7.74. The second-order valence-electron chi connectivity index (χ2n) is 5.60. The molecule has 0 saturated heterocycles. The van der Waals surface area contributed by atoms with Gasteiger partial charge in [0.15, 0.2) is 0 Å². The van der Waals surface area contributed by atoms with Crippen LogP contribution < -0.4 is 16.3 Å². The predicted molar refractivity (Wildman–Crippen MR) is 93.6 cm³/mol. The maximum atomic E-state index is 13.2. The molecule has 7 nitrogen and oxygen atoms in total. The lowest BCUT2D eigenvalue weighted by Gasteiger charge is -2.22. The van der Waals surface area contributed by atoms with Gasteiger partial charge in [0.2, 0.25) is 14.7 Å². The zero-order chi connectivity index (χ0) is 18.6. The zero-order valence-corrected chi connectivity index (χ0v) is 15.2. The summed E-state index contributed by atoms with van der Waals surface area (Å²) >= 11 is 5.90. The Morgan fingerprint density at radius 2 is 1.76 bits per heavy atom. The first-order valence-corrected chi connectivity index (χ1v) is 10.3. The third-order valence-electron chi connectivity index (χ3n) is 3.96. The highest BCUT2D eigenvalue weighted by Gasteiger charge is 2.50. The van der Waals surface area contributed by atoms with Gasteiger partial charge in [-0.1, -0.05) is 29.8 Å². The molecule has 3 rings (SSSR count). The van der Waals surface area contributed by atoms with Gasteiger partial charge in [-0.2, -0.15) is 8.42 Å². The van der Waals surface area contributed by atoms with Crippen LogP contribution in [0.2, 0.25) is 5.02 Å². The molecule has 1 heterocycles. The van der Waals surface area contributed by atoms with Gasteiger partial charge in [0.05, 0.1) is 21.0 Å². The van der Waals surface area contributed by atoms with E-state index in [2.05, 4.69) is 4.99 Å². The molecule has 0 aliphatic carbocycles. The van der Waals surface area contributed by atoms with Crippen molar-refractivity contribution < 1.29 is 21.4 Å². The molecule has 0 spiro atoms. The number of fused-ring (bicyclic) bond motifs is 1. The van der Waals surface area contributed by atoms with E-state index < -0.39 is 29.7 Å². The first-order chi connectivity index (χ1) is 11.5. The quantitative estimate of drug-likeness (QED) is 0.578. The monoisotopic (exact) mass is 400 g/mol. The second-order valence-corrected chi connectivity index (χ2v) is 9.64. The lowest BCUT2D eigenvalue weighted by molar-refractivity contribution is 0.458. The minimum Gasteiger partial charge on any atom is -0.398 e. The van der Waals surface area contributed by atoms with E-state index in [0.717, 1.165) is 13.0 Å². The molecular weight excluding hydrogens is 388 g/mol. The number of rotatable bonds is 3. The number of sulfone groups is 1. The lowest BCUT2D eigenvalue weighted by atomic mass is 10.2. The summed E-state index contributed by atoms with van der Waals surface area (Å²) in [5.41, 5.74) is 5.78. The fraction of sp³-hybridized carbons (Fsp3) is 0.133. The molecule has 10 heteroatoms. The highest BCUT2D eigenvalue weighted by molar-refractivity contribution is 8.02. The molecule has 1 aliphatic heterocycles. The van der Waals surface area contributed by atoms with Crippen molar-refractivity contribution in [2.75, 3.05) is 5.73 Å². The Morgan fingerprint density at radius 3 is 2.36 bits per heavy atom. The van der Waals surface area contributed by atoms with Crippen molar-refractivity contribution in [2.24, 2.45) is 4.99 Å². The Balaban J connectivity index is 2.44. The summed E-state index contributed by atoms with van der Waals surface area (Å²) in [6, 6.07) is 9.69. The van der Waals surface area contributed by atoms with Gasteiger partial charge in [-0.05, 0) is 31.2 Å². The molecule has 0 aromatic heterocycles. The molecule has 132 valence electrons. The summed E-state index contributed by atoms with van der Waals surface area (Å²) in [5.74, 6) is 0. The van der Waals surface area contributed by atoms with Crippen LogP contribution in [0.5, 0.6) is 0 Å². The van der Waals surface area contributed by atoms with E-state index in [9.17, 15) is 21.4 Å². The molecule has 0 fully saturated rings. The van der Waals surface area contributed by atoms with Gasteiger partial charge in [0, 0.05) is 5.22 Å². The highest BCUT2D eigenvalue weighted by Crippen LogP contribution is 2.37. The van der Waals surface area contributed by atoms with Crippen LogP contribution in [0.25, 0.3) is 4.91 Å². The number of hydrogen-bond acceptors (Lipinski definition) is 6. The van der Waals surface area contributed by atoms with Gasteiger partial charge >= 0.3 is 0 Å². The Morgan fingerprint density at radius 1 is 1.12 bits per heavy atom. The van der Waals surface area contributed by atoms with E-state index in [-0.39, 0.29) is 26.2 Å². The van der Waals surface area contributed by atoms with Gasteiger partial charge in [-0.25, -0.2) is 8.42 Å². The molecule has 0 saturated carbocycles. The van der Waals surface area contributed by atoms with Crippen LogP contribution in [0.3, 0.4) is 0 Å². The third kappa shape index (κ3) is 2.63. The van der Waals surface area contributed by atoms with Gasteiger partial charge in [-0.3, -0.25) is 9.55 Å². The van der Waals surface area contributed by atoms with Crippen molar-refractivity contribution >= 4 is 42.1 Å². The maximum Gasteiger partial charge on any atom is 0.296 e. The minimum atomic E-state index is -4.87. The van der Waals surface area contributed by atoms with Crippen molar-refractivity contribution in [1.29, 1.82) is 0 Å². The Bertz CT molecular complexity index is 1220. The van der Waals surface area contributed by atoms with Crippen LogP contribution in [0, 0.1) is 0 Å². The molecule has 25 heavy (non-hydrogen) atoms. The van der Waals surface area contributed by atoms with E-state index in [1.54, 1.807) is 12.1 Å². The molecule has 1 atom stereocenters. The van der Waals surface area contributed by atoms with Crippen LogP contribution in [0.4, 0.5) is 5.69 Å². The number of nitrogens with zero attached hydrogens (tertiary/aromatic N) is 1.